The van der Waals surface area contributed by atoms with Crippen LogP contribution in [0, 0.1) is 20.8 Å². The van der Waals surface area contributed by atoms with Crippen molar-refractivity contribution in [2.24, 2.45) is 0 Å². The van der Waals surface area contributed by atoms with Crippen LogP contribution in [0.5, 0.6) is 0 Å². The molecule has 0 saturated carbocycles. The molecule has 68 heavy (non-hydrogen) atoms. The number of hydrogen-bond donors (Lipinski definition) is 0. The summed E-state index contributed by atoms with van der Waals surface area (Å²) in [6.07, 6.45) is 13.1. The molecule has 1 aliphatic carbocycles. The Morgan fingerprint density at radius 1 is 0.309 bits per heavy atom. The highest BCUT2D eigenvalue weighted by atomic mass is 15.1. The first-order valence-electron chi connectivity index (χ1n) is 25.7. The Balaban J connectivity index is 1.28. The van der Waals surface area contributed by atoms with Gasteiger partial charge in [-0.25, -0.2) is 0 Å². The maximum atomic E-state index is 2.52. The normalized spacial score (nSPS) is 12.4. The third-order valence-corrected chi connectivity index (χ3v) is 14.4. The number of nitrogens with zero attached hydrogens (tertiary/aromatic N) is 2. The van der Waals surface area contributed by atoms with E-state index < -0.39 is 5.41 Å². The minimum Gasteiger partial charge on any atom is -0.310 e. The van der Waals surface area contributed by atoms with E-state index in [-0.39, 0.29) is 0 Å². The molecule has 0 aliphatic heterocycles. The first kappa shape index (κ1) is 46.5. The molecule has 0 radical (unpaired) electrons. The molecule has 1 aliphatic rings. The Kier molecular flexibility index (Phi) is 14.4. The van der Waals surface area contributed by atoms with Gasteiger partial charge in [0.1, 0.15) is 0 Å². The lowest BCUT2D eigenvalue weighted by molar-refractivity contribution is 0.666. The van der Waals surface area contributed by atoms with Gasteiger partial charge in [0.15, 0.2) is 0 Å². The summed E-state index contributed by atoms with van der Waals surface area (Å²) in [5, 5.41) is 0. The topological polar surface area (TPSA) is 6.48 Å². The Bertz CT molecular complexity index is 2740. The van der Waals surface area contributed by atoms with Crippen LogP contribution in [-0.4, -0.2) is 0 Å². The van der Waals surface area contributed by atoms with Gasteiger partial charge in [-0.1, -0.05) is 179 Å². The van der Waals surface area contributed by atoms with Crippen molar-refractivity contribution in [3.63, 3.8) is 0 Å². The summed E-state index contributed by atoms with van der Waals surface area (Å²) in [7, 11) is 0. The summed E-state index contributed by atoms with van der Waals surface area (Å²) in [4.78, 5) is 4.92. The predicted octanol–water partition coefficient (Wildman–Crippen LogP) is 18.7. The van der Waals surface area contributed by atoms with Gasteiger partial charge in [0, 0.05) is 34.1 Å². The summed E-state index contributed by atoms with van der Waals surface area (Å²) in [6, 6.07) is 70.3. The molecular weight excluding hydrogens is 821 g/mol. The zero-order chi connectivity index (χ0) is 47.0. The van der Waals surface area contributed by atoms with Crippen molar-refractivity contribution in [3.8, 4) is 11.1 Å². The second-order valence-corrected chi connectivity index (χ2v) is 19.5. The molecule has 2 heteroatoms. The number of fused-ring (bicyclic) bond motifs is 3. The maximum Gasteiger partial charge on any atom is 0.0715 e. The largest absolute Gasteiger partial charge is 0.310 e. The second-order valence-electron chi connectivity index (χ2n) is 19.5. The highest BCUT2D eigenvalue weighted by Crippen LogP contribution is 2.58. The summed E-state index contributed by atoms with van der Waals surface area (Å²) in [6.45, 7) is 13.4. The molecule has 0 amide bonds. The van der Waals surface area contributed by atoms with E-state index in [1.165, 1.54) is 118 Å². The first-order chi connectivity index (χ1) is 33.3. The van der Waals surface area contributed by atoms with Crippen LogP contribution >= 0.6 is 0 Å². The number of unbranched alkanes of at least 4 members (excludes halogenated alkanes) is 5. The van der Waals surface area contributed by atoms with Gasteiger partial charge in [-0.2, -0.15) is 0 Å². The van der Waals surface area contributed by atoms with E-state index in [9.17, 15) is 0 Å². The molecule has 8 aromatic rings. The van der Waals surface area contributed by atoms with Gasteiger partial charge in [-0.15, -0.1) is 0 Å². The van der Waals surface area contributed by atoms with Crippen LogP contribution in [0.15, 0.2) is 182 Å². The number of anilines is 6. The number of benzene rings is 8. The minimum absolute atomic E-state index is 0.614. The van der Waals surface area contributed by atoms with Gasteiger partial charge in [0.25, 0.3) is 0 Å². The quantitative estimate of drug-likeness (QED) is 0.0747. The van der Waals surface area contributed by atoms with E-state index in [0.29, 0.717) is 0 Å². The van der Waals surface area contributed by atoms with Crippen molar-refractivity contribution >= 4 is 34.1 Å². The smallest absolute Gasteiger partial charge is 0.0715 e. The second kappa shape index (κ2) is 21.1. The van der Waals surface area contributed by atoms with Crippen molar-refractivity contribution in [3.05, 3.63) is 238 Å². The molecule has 0 heterocycles. The van der Waals surface area contributed by atoms with E-state index in [1.54, 1.807) is 0 Å². The van der Waals surface area contributed by atoms with Crippen LogP contribution in [0.3, 0.4) is 0 Å². The SMILES string of the molecule is CCCCCCc1ccc(C2(c3ccc(C)cc3)c3cc(N(c4ccc(C)cc4)c4ccc(CCCC)cc4)ccc3-c3ccc(N(c4ccc(C)cc4)c4ccc(CCCC)cc4)cc32)cc1. The van der Waals surface area contributed by atoms with Crippen molar-refractivity contribution in [2.75, 3.05) is 9.80 Å². The van der Waals surface area contributed by atoms with Gasteiger partial charge in [-0.3, -0.25) is 0 Å². The summed E-state index contributed by atoms with van der Waals surface area (Å²) in [5.41, 5.74) is 22.0. The molecule has 0 N–H and O–H groups in total. The fraction of sp³-hybridized carbons (Fsp3) is 0.273. The van der Waals surface area contributed by atoms with Gasteiger partial charge >= 0.3 is 0 Å². The Labute approximate surface area is 408 Å². The molecule has 2 nitrogen and oxygen atoms in total. The van der Waals surface area contributed by atoms with E-state index >= 15 is 0 Å². The van der Waals surface area contributed by atoms with E-state index in [0.717, 1.165) is 53.4 Å². The monoisotopic (exact) mass is 891 g/mol. The summed E-state index contributed by atoms with van der Waals surface area (Å²) in [5.74, 6) is 0. The molecule has 0 fully saturated rings. The Morgan fingerprint density at radius 2 is 0.618 bits per heavy atom. The Hall–Kier alpha value is -6.64. The summed E-state index contributed by atoms with van der Waals surface area (Å²) >= 11 is 0. The van der Waals surface area contributed by atoms with Gasteiger partial charge < -0.3 is 9.80 Å². The third kappa shape index (κ3) is 9.57. The molecule has 0 saturated heterocycles. The van der Waals surface area contributed by atoms with Crippen LogP contribution in [0.25, 0.3) is 11.1 Å². The van der Waals surface area contributed by atoms with E-state index in [2.05, 4.69) is 233 Å². The van der Waals surface area contributed by atoms with Gasteiger partial charge in [-0.05, 0) is 182 Å². The van der Waals surface area contributed by atoms with Crippen LogP contribution in [0.1, 0.15) is 128 Å². The average Bonchev–Trinajstić information content (AvgIpc) is 3.66. The fourth-order valence-corrected chi connectivity index (χ4v) is 10.5. The lowest BCUT2D eigenvalue weighted by Crippen LogP contribution is -2.29. The summed E-state index contributed by atoms with van der Waals surface area (Å²) < 4.78 is 0. The van der Waals surface area contributed by atoms with Crippen LogP contribution < -0.4 is 9.80 Å². The van der Waals surface area contributed by atoms with Gasteiger partial charge in [0.05, 0.1) is 5.41 Å². The lowest BCUT2D eigenvalue weighted by Gasteiger charge is -2.36. The zero-order valence-corrected chi connectivity index (χ0v) is 41.5. The number of aryl methyl sites for hydroxylation is 6. The van der Waals surface area contributed by atoms with Crippen molar-refractivity contribution < 1.29 is 0 Å². The first-order valence-corrected chi connectivity index (χ1v) is 25.7. The predicted molar refractivity (Wildman–Crippen MR) is 292 cm³/mol. The van der Waals surface area contributed by atoms with E-state index in [1.807, 2.05) is 0 Å². The van der Waals surface area contributed by atoms with Crippen LogP contribution in [0.2, 0.25) is 0 Å². The molecule has 0 bridgehead atoms. The standard InChI is InChI=1S/C66H70N2/c1-7-10-13-14-17-53-24-32-55(33-25-53)66(54-30-18-48(4)19-31-54)64-46-60(67(56-34-20-49(5)21-35-56)58-38-26-51(27-39-58)15-11-8-2)42-44-62(64)63-45-43-61(47-65(63)66)68(57-36-22-50(6)23-37-57)59-40-28-52(29-41-59)16-12-9-3/h18-47H,7-17H2,1-6H3. The number of rotatable bonds is 19. The molecule has 0 spiro atoms. The average molecular weight is 891 g/mol. The number of hydrogen-bond acceptors (Lipinski definition) is 2. The third-order valence-electron chi connectivity index (χ3n) is 14.4. The molecule has 0 aromatic heterocycles. The van der Waals surface area contributed by atoms with Crippen molar-refractivity contribution in [1.82, 2.24) is 0 Å². The van der Waals surface area contributed by atoms with Gasteiger partial charge in [0.2, 0.25) is 0 Å². The maximum absolute atomic E-state index is 2.52. The molecule has 9 rings (SSSR count). The van der Waals surface area contributed by atoms with Crippen LogP contribution in [0.4, 0.5) is 34.1 Å². The lowest BCUT2D eigenvalue weighted by atomic mass is 9.67. The fourth-order valence-electron chi connectivity index (χ4n) is 10.5. The Morgan fingerprint density at radius 3 is 1.00 bits per heavy atom. The van der Waals surface area contributed by atoms with Crippen molar-refractivity contribution in [2.45, 2.75) is 118 Å². The van der Waals surface area contributed by atoms with Crippen LogP contribution in [-0.2, 0) is 24.7 Å². The highest BCUT2D eigenvalue weighted by molar-refractivity contribution is 5.92. The van der Waals surface area contributed by atoms with Crippen molar-refractivity contribution in [1.29, 1.82) is 0 Å². The van der Waals surface area contributed by atoms with E-state index in [4.69, 9.17) is 0 Å². The molecule has 0 unspecified atom stereocenters. The minimum atomic E-state index is -0.614. The molecular formula is C66H70N2. The molecule has 8 aromatic carbocycles. The molecule has 0 atom stereocenters. The molecule has 344 valence electrons. The highest BCUT2D eigenvalue weighted by Gasteiger charge is 2.47. The zero-order valence-electron chi connectivity index (χ0n) is 41.5.